The molecular weight excluding hydrogens is 310 g/mol. The number of nitrogens with zero attached hydrogens (tertiary/aromatic N) is 1. The van der Waals surface area contributed by atoms with E-state index < -0.39 is 0 Å². The van der Waals surface area contributed by atoms with Gasteiger partial charge in [-0.3, -0.25) is 4.79 Å². The Hall–Kier alpha value is -2.27. The van der Waals surface area contributed by atoms with Gasteiger partial charge in [-0.1, -0.05) is 18.2 Å². The summed E-state index contributed by atoms with van der Waals surface area (Å²) in [6, 6.07) is 9.61. The number of hydrogen-bond acceptors (Lipinski definition) is 4. The molecule has 0 N–H and O–H groups in total. The molecule has 0 spiro atoms. The molecule has 0 bridgehead atoms. The van der Waals surface area contributed by atoms with E-state index in [-0.39, 0.29) is 12.5 Å². The van der Waals surface area contributed by atoms with E-state index >= 15 is 0 Å². The Bertz CT molecular complexity index is 652. The highest BCUT2D eigenvalue weighted by atomic mass is 32.1. The van der Waals surface area contributed by atoms with E-state index in [1.807, 2.05) is 42.6 Å². The van der Waals surface area contributed by atoms with Crippen LogP contribution < -0.4 is 9.47 Å². The predicted octanol–water partition coefficient (Wildman–Crippen LogP) is 3.66. The molecule has 0 aliphatic heterocycles. The van der Waals surface area contributed by atoms with Crippen LogP contribution in [0.2, 0.25) is 0 Å². The molecule has 0 atom stereocenters. The smallest absolute Gasteiger partial charge is 0.261 e. The minimum absolute atomic E-state index is 0.0291. The summed E-state index contributed by atoms with van der Waals surface area (Å²) in [5.74, 6) is 1.12. The SMILES string of the molecule is C=CCN(Cc1cccs1)C(=O)COc1ccc(C)cc1OC. The molecule has 1 amide bonds. The molecule has 4 nitrogen and oxygen atoms in total. The van der Waals surface area contributed by atoms with Gasteiger partial charge in [-0.05, 0) is 36.1 Å². The van der Waals surface area contributed by atoms with Gasteiger partial charge in [0.05, 0.1) is 13.7 Å². The number of carbonyl (C=O) groups is 1. The van der Waals surface area contributed by atoms with E-state index in [9.17, 15) is 4.79 Å². The molecule has 0 saturated heterocycles. The second-order valence-corrected chi connectivity index (χ2v) is 6.12. The van der Waals surface area contributed by atoms with E-state index in [0.717, 1.165) is 10.4 Å². The van der Waals surface area contributed by atoms with Gasteiger partial charge >= 0.3 is 0 Å². The Balaban J connectivity index is 2.00. The fraction of sp³-hybridized carbons (Fsp3) is 0.278. The molecule has 0 aliphatic rings. The standard InChI is InChI=1S/C18H21NO3S/c1-4-9-19(12-15-6-5-10-23-15)18(20)13-22-16-8-7-14(2)11-17(16)21-3/h4-8,10-11H,1,9,12-13H2,2-3H3. The predicted molar refractivity (Wildman–Crippen MR) is 93.2 cm³/mol. The lowest BCUT2D eigenvalue weighted by molar-refractivity contribution is -0.133. The zero-order valence-corrected chi connectivity index (χ0v) is 14.3. The maximum atomic E-state index is 12.4. The van der Waals surface area contributed by atoms with Crippen molar-refractivity contribution in [3.63, 3.8) is 0 Å². The summed E-state index contributed by atoms with van der Waals surface area (Å²) >= 11 is 1.63. The summed E-state index contributed by atoms with van der Waals surface area (Å²) < 4.78 is 10.9. The summed E-state index contributed by atoms with van der Waals surface area (Å²) in [7, 11) is 1.59. The number of ether oxygens (including phenoxy) is 2. The van der Waals surface area contributed by atoms with Gasteiger partial charge in [0.1, 0.15) is 0 Å². The maximum absolute atomic E-state index is 12.4. The number of benzene rings is 1. The van der Waals surface area contributed by atoms with Crippen molar-refractivity contribution < 1.29 is 14.3 Å². The molecule has 1 aromatic carbocycles. The fourth-order valence-corrected chi connectivity index (χ4v) is 2.85. The van der Waals surface area contributed by atoms with E-state index in [0.29, 0.717) is 24.6 Å². The molecule has 2 aromatic rings. The Morgan fingerprint density at radius 2 is 2.17 bits per heavy atom. The summed E-state index contributed by atoms with van der Waals surface area (Å²) in [5, 5.41) is 2.00. The Labute approximate surface area is 141 Å². The van der Waals surface area contributed by atoms with Crippen LogP contribution in [0, 0.1) is 6.92 Å². The minimum Gasteiger partial charge on any atom is -0.493 e. The highest BCUT2D eigenvalue weighted by Crippen LogP contribution is 2.27. The normalized spacial score (nSPS) is 10.2. The molecule has 0 aliphatic carbocycles. The molecule has 0 fully saturated rings. The first-order chi connectivity index (χ1) is 11.1. The quantitative estimate of drug-likeness (QED) is 0.693. The zero-order chi connectivity index (χ0) is 16.7. The highest BCUT2D eigenvalue weighted by molar-refractivity contribution is 7.09. The van der Waals surface area contributed by atoms with E-state index in [1.54, 1.807) is 29.4 Å². The van der Waals surface area contributed by atoms with E-state index in [1.165, 1.54) is 0 Å². The van der Waals surface area contributed by atoms with Crippen LogP contribution >= 0.6 is 11.3 Å². The number of methoxy groups -OCH3 is 1. The molecule has 1 heterocycles. The topological polar surface area (TPSA) is 38.8 Å². The van der Waals surface area contributed by atoms with Crippen molar-refractivity contribution in [2.75, 3.05) is 20.3 Å². The van der Waals surface area contributed by atoms with Crippen molar-refractivity contribution in [3.05, 3.63) is 58.8 Å². The fourth-order valence-electron chi connectivity index (χ4n) is 2.13. The van der Waals surface area contributed by atoms with Gasteiger partial charge in [-0.15, -0.1) is 17.9 Å². The summed E-state index contributed by atoms with van der Waals surface area (Å²) in [6.45, 7) is 6.72. The third-order valence-electron chi connectivity index (χ3n) is 3.30. The van der Waals surface area contributed by atoms with Gasteiger partial charge < -0.3 is 14.4 Å². The third-order valence-corrected chi connectivity index (χ3v) is 4.16. The summed E-state index contributed by atoms with van der Waals surface area (Å²) in [4.78, 5) is 15.3. The number of hydrogen-bond donors (Lipinski definition) is 0. The first-order valence-electron chi connectivity index (χ1n) is 7.32. The molecule has 0 saturated carbocycles. The molecule has 0 radical (unpaired) electrons. The second-order valence-electron chi connectivity index (χ2n) is 5.09. The summed E-state index contributed by atoms with van der Waals surface area (Å²) in [5.41, 5.74) is 1.08. The van der Waals surface area contributed by atoms with Gasteiger partial charge in [0, 0.05) is 11.4 Å². The number of aryl methyl sites for hydroxylation is 1. The lowest BCUT2D eigenvalue weighted by Crippen LogP contribution is -2.34. The number of amides is 1. The molecule has 122 valence electrons. The van der Waals surface area contributed by atoms with E-state index in [2.05, 4.69) is 6.58 Å². The van der Waals surface area contributed by atoms with E-state index in [4.69, 9.17) is 9.47 Å². The molecule has 2 rings (SSSR count). The average Bonchev–Trinajstić information content (AvgIpc) is 3.06. The van der Waals surface area contributed by atoms with Crippen LogP contribution in [0.15, 0.2) is 48.4 Å². The lowest BCUT2D eigenvalue weighted by atomic mass is 10.2. The largest absolute Gasteiger partial charge is 0.493 e. The Kier molecular flexibility index (Phi) is 6.23. The molecule has 0 unspecified atom stereocenters. The van der Waals surface area contributed by atoms with Gasteiger partial charge in [0.25, 0.3) is 5.91 Å². The monoisotopic (exact) mass is 331 g/mol. The number of thiophene rings is 1. The molecule has 5 heteroatoms. The van der Waals surface area contributed by atoms with Crippen molar-refractivity contribution in [2.45, 2.75) is 13.5 Å². The van der Waals surface area contributed by atoms with Gasteiger partial charge in [0.2, 0.25) is 0 Å². The van der Waals surface area contributed by atoms with Crippen molar-refractivity contribution in [2.24, 2.45) is 0 Å². The van der Waals surface area contributed by atoms with Crippen LogP contribution in [0.5, 0.6) is 11.5 Å². The Morgan fingerprint density at radius 3 is 2.83 bits per heavy atom. The van der Waals surface area contributed by atoms with Crippen molar-refractivity contribution in [1.82, 2.24) is 4.90 Å². The van der Waals surface area contributed by atoms with Crippen LogP contribution in [-0.4, -0.2) is 31.1 Å². The van der Waals surface area contributed by atoms with Crippen LogP contribution in [0.4, 0.5) is 0 Å². The molecular formula is C18H21NO3S. The Morgan fingerprint density at radius 1 is 1.35 bits per heavy atom. The van der Waals surface area contributed by atoms with Crippen LogP contribution in [-0.2, 0) is 11.3 Å². The van der Waals surface area contributed by atoms with Gasteiger partial charge in [-0.2, -0.15) is 0 Å². The minimum atomic E-state index is -0.0825. The van der Waals surface area contributed by atoms with Crippen LogP contribution in [0.1, 0.15) is 10.4 Å². The third kappa shape index (κ3) is 4.86. The average molecular weight is 331 g/mol. The summed E-state index contributed by atoms with van der Waals surface area (Å²) in [6.07, 6.45) is 1.72. The first-order valence-corrected chi connectivity index (χ1v) is 8.20. The highest BCUT2D eigenvalue weighted by Gasteiger charge is 2.15. The maximum Gasteiger partial charge on any atom is 0.261 e. The second kappa shape index (κ2) is 8.39. The number of rotatable bonds is 8. The van der Waals surface area contributed by atoms with Gasteiger partial charge in [0.15, 0.2) is 18.1 Å². The lowest BCUT2D eigenvalue weighted by Gasteiger charge is -2.21. The van der Waals surface area contributed by atoms with Gasteiger partial charge in [-0.25, -0.2) is 0 Å². The van der Waals surface area contributed by atoms with Crippen molar-refractivity contribution >= 4 is 17.2 Å². The van der Waals surface area contributed by atoms with Crippen molar-refractivity contribution in [3.8, 4) is 11.5 Å². The first kappa shape index (κ1) is 17.1. The van der Waals surface area contributed by atoms with Crippen molar-refractivity contribution in [1.29, 1.82) is 0 Å². The number of carbonyl (C=O) groups excluding carboxylic acids is 1. The zero-order valence-electron chi connectivity index (χ0n) is 13.5. The van der Waals surface area contributed by atoms with Crippen LogP contribution in [0.25, 0.3) is 0 Å². The van der Waals surface area contributed by atoms with Crippen LogP contribution in [0.3, 0.4) is 0 Å². The molecule has 1 aromatic heterocycles. The molecule has 23 heavy (non-hydrogen) atoms.